The van der Waals surface area contributed by atoms with Crippen LogP contribution in [0.15, 0.2) is 0 Å². The molecule has 0 aromatic heterocycles. The largest absolute Gasteiger partial charge is 0.481 e. The molecule has 14 nitrogen and oxygen atoms in total. The molecule has 0 saturated heterocycles. The van der Waals surface area contributed by atoms with Crippen molar-refractivity contribution < 1.29 is 44.1 Å². The number of carbonyl (C=O) groups is 6. The van der Waals surface area contributed by atoms with Crippen LogP contribution in [-0.2, 0) is 28.8 Å². The minimum atomic E-state index is -1.52. The minimum absolute atomic E-state index is 0.239. The van der Waals surface area contributed by atoms with Gasteiger partial charge in [0.15, 0.2) is 0 Å². The number of nitrogens with two attached hydrogens (primary N) is 2. The number of primary amides is 1. The lowest BCUT2D eigenvalue weighted by Gasteiger charge is -2.24. The van der Waals surface area contributed by atoms with Crippen molar-refractivity contribution >= 4 is 48.2 Å². The highest BCUT2D eigenvalue weighted by Gasteiger charge is 2.30. The Morgan fingerprint density at radius 2 is 1.31 bits per heavy atom. The summed E-state index contributed by atoms with van der Waals surface area (Å²) in [6.07, 6.45) is -2.67. The quantitative estimate of drug-likeness (QED) is 0.104. The molecular formula is C17H29N5O9S. The Morgan fingerprint density at radius 3 is 1.75 bits per heavy atom. The van der Waals surface area contributed by atoms with E-state index in [2.05, 4.69) is 28.6 Å². The molecular weight excluding hydrogens is 450 g/mol. The van der Waals surface area contributed by atoms with Gasteiger partial charge in [-0.2, -0.15) is 12.6 Å². The van der Waals surface area contributed by atoms with Crippen LogP contribution in [0, 0.1) is 0 Å². The second kappa shape index (κ2) is 14.2. The first kappa shape index (κ1) is 29.1. The fourth-order valence-electron chi connectivity index (χ4n) is 2.31. The maximum absolute atomic E-state index is 12.6. The molecule has 0 heterocycles. The fourth-order valence-corrected chi connectivity index (χ4v) is 2.56. The average Bonchev–Trinajstić information content (AvgIpc) is 2.70. The zero-order valence-electron chi connectivity index (χ0n) is 17.3. The van der Waals surface area contributed by atoms with E-state index in [0.29, 0.717) is 0 Å². The molecule has 10 N–H and O–H groups in total. The molecule has 0 radical (unpaired) electrons. The molecule has 0 aromatic carbocycles. The Morgan fingerprint density at radius 1 is 0.844 bits per heavy atom. The minimum Gasteiger partial charge on any atom is -0.481 e. The topological polar surface area (TPSA) is 251 Å². The number of nitrogens with one attached hydrogen (secondary N) is 3. The van der Waals surface area contributed by atoms with Crippen molar-refractivity contribution in [2.24, 2.45) is 11.5 Å². The first-order chi connectivity index (χ1) is 14.8. The fraction of sp³-hybridized carbons (Fsp3) is 0.647. The van der Waals surface area contributed by atoms with Gasteiger partial charge in [-0.15, -0.1) is 0 Å². The van der Waals surface area contributed by atoms with Crippen LogP contribution in [0.3, 0.4) is 0 Å². The van der Waals surface area contributed by atoms with Gasteiger partial charge in [-0.1, -0.05) is 0 Å². The molecule has 182 valence electrons. The third kappa shape index (κ3) is 10.9. The monoisotopic (exact) mass is 479 g/mol. The van der Waals surface area contributed by atoms with Gasteiger partial charge in [0, 0.05) is 18.6 Å². The highest BCUT2D eigenvalue weighted by molar-refractivity contribution is 7.80. The molecule has 0 aromatic rings. The van der Waals surface area contributed by atoms with Crippen LogP contribution in [-0.4, -0.2) is 86.9 Å². The third-order valence-corrected chi connectivity index (χ3v) is 4.58. The molecule has 0 aliphatic rings. The Hall–Kier alpha value is -2.91. The van der Waals surface area contributed by atoms with Gasteiger partial charge < -0.3 is 42.7 Å². The standard InChI is InChI=1S/C17H29N5O9S/c1-7(23)13(19)16(29)20-8(2-4-11(18)24)14(27)22-10(6-32)15(28)21-9(17(30)31)3-5-12(25)26/h7-10,13,23,32H,2-6,19H2,1H3,(H2,18,24)(H,20,29)(H,21,28)(H,22,27)(H,25,26)(H,30,31). The number of hydrogen-bond acceptors (Lipinski definition) is 9. The van der Waals surface area contributed by atoms with E-state index >= 15 is 0 Å². The molecule has 5 atom stereocenters. The van der Waals surface area contributed by atoms with Crippen LogP contribution in [0.4, 0.5) is 0 Å². The highest BCUT2D eigenvalue weighted by atomic mass is 32.1. The second-order valence-corrected chi connectivity index (χ2v) is 7.27. The summed E-state index contributed by atoms with van der Waals surface area (Å²) in [4.78, 5) is 70.0. The lowest BCUT2D eigenvalue weighted by Crippen LogP contribution is -2.58. The Balaban J connectivity index is 5.30. The summed E-state index contributed by atoms with van der Waals surface area (Å²) in [6, 6.07) is -5.59. The van der Waals surface area contributed by atoms with E-state index in [1.54, 1.807) is 0 Å². The summed E-state index contributed by atoms with van der Waals surface area (Å²) in [5, 5.41) is 33.9. The molecule has 5 unspecified atom stereocenters. The highest BCUT2D eigenvalue weighted by Crippen LogP contribution is 2.03. The van der Waals surface area contributed by atoms with Crippen LogP contribution in [0.2, 0.25) is 0 Å². The average molecular weight is 480 g/mol. The van der Waals surface area contributed by atoms with E-state index < -0.39 is 78.7 Å². The van der Waals surface area contributed by atoms with Crippen molar-refractivity contribution in [1.29, 1.82) is 0 Å². The van der Waals surface area contributed by atoms with Gasteiger partial charge in [0.05, 0.1) is 6.10 Å². The third-order valence-electron chi connectivity index (χ3n) is 4.21. The van der Waals surface area contributed by atoms with Crippen molar-refractivity contribution in [3.63, 3.8) is 0 Å². The molecule has 0 rings (SSSR count). The van der Waals surface area contributed by atoms with Gasteiger partial charge in [-0.05, 0) is 19.8 Å². The molecule has 32 heavy (non-hydrogen) atoms. The van der Waals surface area contributed by atoms with Gasteiger partial charge in [-0.25, -0.2) is 4.79 Å². The lowest BCUT2D eigenvalue weighted by atomic mass is 10.1. The van der Waals surface area contributed by atoms with Crippen molar-refractivity contribution in [1.82, 2.24) is 16.0 Å². The van der Waals surface area contributed by atoms with Gasteiger partial charge in [-0.3, -0.25) is 24.0 Å². The normalized spacial score (nSPS) is 15.4. The Kier molecular flexibility index (Phi) is 12.9. The number of thiol groups is 1. The van der Waals surface area contributed by atoms with Crippen molar-refractivity contribution in [3.8, 4) is 0 Å². The second-order valence-electron chi connectivity index (χ2n) is 6.91. The lowest BCUT2D eigenvalue weighted by molar-refractivity contribution is -0.143. The number of carbonyl (C=O) groups excluding carboxylic acids is 4. The number of hydrogen-bond donors (Lipinski definition) is 9. The van der Waals surface area contributed by atoms with Gasteiger partial charge in [0.2, 0.25) is 23.6 Å². The molecule has 0 aliphatic heterocycles. The van der Waals surface area contributed by atoms with E-state index in [0.717, 1.165) is 0 Å². The number of amides is 4. The maximum atomic E-state index is 12.6. The Labute approximate surface area is 188 Å². The molecule has 0 aliphatic carbocycles. The summed E-state index contributed by atoms with van der Waals surface area (Å²) in [7, 11) is 0. The van der Waals surface area contributed by atoms with Crippen LogP contribution in [0.5, 0.6) is 0 Å². The van der Waals surface area contributed by atoms with Gasteiger partial charge in [0.25, 0.3) is 0 Å². The molecule has 0 fully saturated rings. The van der Waals surface area contributed by atoms with Crippen LogP contribution in [0.25, 0.3) is 0 Å². The SMILES string of the molecule is CC(O)C(N)C(=O)NC(CCC(N)=O)C(=O)NC(CS)C(=O)NC(CCC(=O)O)C(=O)O. The van der Waals surface area contributed by atoms with Crippen molar-refractivity contribution in [3.05, 3.63) is 0 Å². The number of carboxylic acids is 2. The van der Waals surface area contributed by atoms with Crippen molar-refractivity contribution in [2.45, 2.75) is 62.9 Å². The summed E-state index contributed by atoms with van der Waals surface area (Å²) in [5.74, 6) is -6.52. The van der Waals surface area contributed by atoms with E-state index in [9.17, 15) is 33.9 Å². The molecule has 0 bridgehead atoms. The summed E-state index contributed by atoms with van der Waals surface area (Å²) in [6.45, 7) is 1.26. The molecule has 15 heteroatoms. The predicted octanol–water partition coefficient (Wildman–Crippen LogP) is -3.71. The molecule has 4 amide bonds. The molecule has 0 spiro atoms. The van der Waals surface area contributed by atoms with E-state index in [1.807, 2.05) is 0 Å². The van der Waals surface area contributed by atoms with Crippen molar-refractivity contribution in [2.75, 3.05) is 5.75 Å². The number of rotatable bonds is 15. The van der Waals surface area contributed by atoms with E-state index in [-0.39, 0.29) is 18.6 Å². The Bertz CT molecular complexity index is 719. The first-order valence-corrected chi connectivity index (χ1v) is 10.1. The van der Waals surface area contributed by atoms with E-state index in [4.69, 9.17) is 21.7 Å². The zero-order valence-corrected chi connectivity index (χ0v) is 18.2. The molecule has 0 saturated carbocycles. The smallest absolute Gasteiger partial charge is 0.326 e. The maximum Gasteiger partial charge on any atom is 0.326 e. The number of aliphatic hydroxyl groups is 1. The first-order valence-electron chi connectivity index (χ1n) is 9.48. The zero-order chi connectivity index (χ0) is 25.0. The number of aliphatic carboxylic acids is 2. The number of carboxylic acid groups (broad SMARTS) is 2. The number of aliphatic hydroxyl groups excluding tert-OH is 1. The summed E-state index contributed by atoms with van der Waals surface area (Å²) >= 11 is 3.94. The predicted molar refractivity (Wildman–Crippen MR) is 112 cm³/mol. The summed E-state index contributed by atoms with van der Waals surface area (Å²) < 4.78 is 0. The van der Waals surface area contributed by atoms with Crippen LogP contribution in [0.1, 0.15) is 32.6 Å². The van der Waals surface area contributed by atoms with Gasteiger partial charge >= 0.3 is 11.9 Å². The summed E-state index contributed by atoms with van der Waals surface area (Å²) in [5.41, 5.74) is 10.6. The van der Waals surface area contributed by atoms with E-state index in [1.165, 1.54) is 6.92 Å². The van der Waals surface area contributed by atoms with Crippen LogP contribution < -0.4 is 27.4 Å². The van der Waals surface area contributed by atoms with Crippen LogP contribution >= 0.6 is 12.6 Å². The van der Waals surface area contributed by atoms with Gasteiger partial charge in [0.1, 0.15) is 24.2 Å².